The minimum atomic E-state index is 0.778. The summed E-state index contributed by atoms with van der Waals surface area (Å²) in [5.74, 6) is 0. The maximum Gasteiger partial charge on any atom is 0.168 e. The van der Waals surface area contributed by atoms with Crippen LogP contribution >= 0.6 is 12.2 Å². The van der Waals surface area contributed by atoms with Crippen LogP contribution in [0.3, 0.4) is 0 Å². The first kappa shape index (κ1) is 14.1. The first-order chi connectivity index (χ1) is 9.20. The van der Waals surface area contributed by atoms with Gasteiger partial charge in [-0.05, 0) is 49.2 Å². The molecule has 104 valence electrons. The van der Waals surface area contributed by atoms with Crippen LogP contribution in [0.25, 0.3) is 0 Å². The van der Waals surface area contributed by atoms with Crippen molar-refractivity contribution < 1.29 is 0 Å². The van der Waals surface area contributed by atoms with Gasteiger partial charge in [-0.25, -0.2) is 0 Å². The van der Waals surface area contributed by atoms with Gasteiger partial charge < -0.3 is 15.1 Å². The lowest BCUT2D eigenvalue weighted by atomic mass is 10.1. The van der Waals surface area contributed by atoms with Crippen LogP contribution in [-0.4, -0.2) is 37.2 Å². The molecule has 0 spiro atoms. The molecule has 1 aliphatic rings. The number of benzene rings is 1. The normalized spacial score (nSPS) is 15.2. The fourth-order valence-electron chi connectivity index (χ4n) is 2.50. The quantitative estimate of drug-likeness (QED) is 0.856. The molecule has 0 radical (unpaired) electrons. The van der Waals surface area contributed by atoms with E-state index in [1.54, 1.807) is 0 Å². The van der Waals surface area contributed by atoms with Gasteiger partial charge in [-0.1, -0.05) is 12.1 Å². The van der Waals surface area contributed by atoms with Crippen LogP contribution in [0, 0.1) is 0 Å². The molecule has 0 bridgehead atoms. The van der Waals surface area contributed by atoms with Gasteiger partial charge in [0.15, 0.2) is 5.11 Å². The lowest BCUT2D eigenvalue weighted by Gasteiger charge is -2.29. The second kappa shape index (κ2) is 6.75. The van der Waals surface area contributed by atoms with Crippen LogP contribution in [0.15, 0.2) is 24.3 Å². The Morgan fingerprint density at radius 3 is 2.42 bits per heavy atom. The van der Waals surface area contributed by atoms with E-state index in [9.17, 15) is 0 Å². The highest BCUT2D eigenvalue weighted by Gasteiger charge is 2.10. The van der Waals surface area contributed by atoms with Gasteiger partial charge in [0.05, 0.1) is 0 Å². The van der Waals surface area contributed by atoms with E-state index >= 15 is 0 Å². The van der Waals surface area contributed by atoms with Crippen LogP contribution in [0.1, 0.15) is 24.8 Å². The van der Waals surface area contributed by atoms with Crippen molar-refractivity contribution in [3.8, 4) is 0 Å². The molecule has 0 unspecified atom stereocenters. The maximum absolute atomic E-state index is 5.21. The fraction of sp³-hybridized carbons (Fsp3) is 0.533. The number of nitrogens with zero attached hydrogens (tertiary/aromatic N) is 2. The molecule has 1 aliphatic heterocycles. The maximum atomic E-state index is 5.21. The Morgan fingerprint density at radius 1 is 1.21 bits per heavy atom. The number of rotatable bonds is 3. The van der Waals surface area contributed by atoms with E-state index in [0.717, 1.165) is 11.7 Å². The fourth-order valence-corrected chi connectivity index (χ4v) is 2.57. The number of hydrogen-bond donors (Lipinski definition) is 1. The van der Waals surface area contributed by atoms with Crippen molar-refractivity contribution in [1.82, 2.24) is 10.2 Å². The Morgan fingerprint density at radius 2 is 1.84 bits per heavy atom. The van der Waals surface area contributed by atoms with Crippen LogP contribution in [-0.2, 0) is 6.54 Å². The molecule has 4 heteroatoms. The van der Waals surface area contributed by atoms with Gasteiger partial charge in [-0.15, -0.1) is 0 Å². The molecular formula is C15H23N3S. The predicted octanol–water partition coefficient (Wildman–Crippen LogP) is 2.61. The Balaban J connectivity index is 1.96. The molecule has 19 heavy (non-hydrogen) atoms. The molecule has 1 aromatic carbocycles. The molecule has 1 fully saturated rings. The second-order valence-electron chi connectivity index (χ2n) is 5.13. The molecule has 0 atom stereocenters. The van der Waals surface area contributed by atoms with Crippen molar-refractivity contribution in [2.75, 3.05) is 32.1 Å². The van der Waals surface area contributed by atoms with Gasteiger partial charge in [0.1, 0.15) is 0 Å². The van der Waals surface area contributed by atoms with E-state index in [-0.39, 0.29) is 0 Å². The molecule has 1 N–H and O–H groups in total. The van der Waals surface area contributed by atoms with Crippen molar-refractivity contribution in [1.29, 1.82) is 0 Å². The van der Waals surface area contributed by atoms with Crippen LogP contribution in [0.2, 0.25) is 0 Å². The molecule has 0 amide bonds. The number of piperidine rings is 1. The summed E-state index contributed by atoms with van der Waals surface area (Å²) >= 11 is 5.21. The smallest absolute Gasteiger partial charge is 0.168 e. The molecule has 1 heterocycles. The average Bonchev–Trinajstić information content (AvgIpc) is 2.48. The standard InChI is InChI=1S/C15H23N3S/c1-16-15(19)17(2)12-13-6-8-14(9-7-13)18-10-4-3-5-11-18/h6-9H,3-5,10-12H2,1-2H3,(H,16,19). The molecule has 1 aromatic rings. The third-order valence-corrected chi connectivity index (χ3v) is 4.15. The highest BCUT2D eigenvalue weighted by Crippen LogP contribution is 2.20. The lowest BCUT2D eigenvalue weighted by Crippen LogP contribution is -2.34. The van der Waals surface area contributed by atoms with Crippen molar-refractivity contribution in [2.24, 2.45) is 0 Å². The topological polar surface area (TPSA) is 18.5 Å². The van der Waals surface area contributed by atoms with Crippen molar-refractivity contribution in [3.05, 3.63) is 29.8 Å². The summed E-state index contributed by atoms with van der Waals surface area (Å²) in [4.78, 5) is 4.53. The first-order valence-corrected chi connectivity index (χ1v) is 7.38. The van der Waals surface area contributed by atoms with Gasteiger partial charge in [-0.3, -0.25) is 0 Å². The Hall–Kier alpha value is -1.29. The lowest BCUT2D eigenvalue weighted by molar-refractivity contribution is 0.495. The van der Waals surface area contributed by atoms with Gasteiger partial charge in [-0.2, -0.15) is 0 Å². The Kier molecular flexibility index (Phi) is 5.02. The third kappa shape index (κ3) is 3.83. The van der Waals surface area contributed by atoms with Crippen LogP contribution in [0.4, 0.5) is 5.69 Å². The van der Waals surface area contributed by atoms with E-state index in [2.05, 4.69) is 34.5 Å². The largest absolute Gasteiger partial charge is 0.372 e. The summed E-state index contributed by atoms with van der Waals surface area (Å²) in [7, 11) is 3.87. The highest BCUT2D eigenvalue weighted by molar-refractivity contribution is 7.80. The van der Waals surface area contributed by atoms with Gasteiger partial charge >= 0.3 is 0 Å². The van der Waals surface area contributed by atoms with Crippen molar-refractivity contribution in [3.63, 3.8) is 0 Å². The van der Waals surface area contributed by atoms with E-state index < -0.39 is 0 Å². The summed E-state index contributed by atoms with van der Waals surface area (Å²) in [6.07, 6.45) is 4.02. The minimum Gasteiger partial charge on any atom is -0.372 e. The third-order valence-electron chi connectivity index (χ3n) is 3.64. The molecule has 2 rings (SSSR count). The zero-order chi connectivity index (χ0) is 13.7. The van der Waals surface area contributed by atoms with Gasteiger partial charge in [0.25, 0.3) is 0 Å². The molecule has 3 nitrogen and oxygen atoms in total. The summed E-state index contributed by atoms with van der Waals surface area (Å²) in [6, 6.07) is 8.88. The minimum absolute atomic E-state index is 0.778. The van der Waals surface area contributed by atoms with E-state index in [1.807, 2.05) is 19.0 Å². The number of anilines is 1. The highest BCUT2D eigenvalue weighted by atomic mass is 32.1. The SMILES string of the molecule is CNC(=S)N(C)Cc1ccc(N2CCCCC2)cc1. The molecule has 0 saturated carbocycles. The van der Waals surface area contributed by atoms with Crippen molar-refractivity contribution in [2.45, 2.75) is 25.8 Å². The summed E-state index contributed by atoms with van der Waals surface area (Å²) in [6.45, 7) is 3.24. The Labute approximate surface area is 121 Å². The second-order valence-corrected chi connectivity index (χ2v) is 5.51. The number of hydrogen-bond acceptors (Lipinski definition) is 2. The molecule has 1 saturated heterocycles. The van der Waals surface area contributed by atoms with E-state index in [0.29, 0.717) is 0 Å². The van der Waals surface area contributed by atoms with Crippen molar-refractivity contribution >= 4 is 23.0 Å². The first-order valence-electron chi connectivity index (χ1n) is 6.97. The van der Waals surface area contributed by atoms with E-state index in [4.69, 9.17) is 12.2 Å². The van der Waals surface area contributed by atoms with Gasteiger partial charge in [0, 0.05) is 39.4 Å². The van der Waals surface area contributed by atoms with Gasteiger partial charge in [0.2, 0.25) is 0 Å². The van der Waals surface area contributed by atoms with Crippen LogP contribution < -0.4 is 10.2 Å². The zero-order valence-corrected chi connectivity index (χ0v) is 12.7. The predicted molar refractivity (Wildman–Crippen MR) is 85.6 cm³/mol. The molecule has 0 aliphatic carbocycles. The number of thiocarbonyl (C=S) groups is 1. The summed E-state index contributed by atoms with van der Waals surface area (Å²) < 4.78 is 0. The van der Waals surface area contributed by atoms with Crippen LogP contribution in [0.5, 0.6) is 0 Å². The average molecular weight is 277 g/mol. The van der Waals surface area contributed by atoms with E-state index in [1.165, 1.54) is 43.6 Å². The summed E-state index contributed by atoms with van der Waals surface area (Å²) in [5, 5.41) is 3.78. The monoisotopic (exact) mass is 277 g/mol. The molecule has 0 aromatic heterocycles. The molecular weight excluding hydrogens is 254 g/mol. The zero-order valence-electron chi connectivity index (χ0n) is 11.9. The summed E-state index contributed by atoms with van der Waals surface area (Å²) in [5.41, 5.74) is 2.64. The Bertz CT molecular complexity index is 410. The number of nitrogens with one attached hydrogen (secondary N) is 1.